The lowest BCUT2D eigenvalue weighted by atomic mass is 9.97. The van der Waals surface area contributed by atoms with E-state index in [2.05, 4.69) is 16.0 Å². The molecule has 1 aliphatic rings. The Kier molecular flexibility index (Phi) is 6.84. The van der Waals surface area contributed by atoms with Gasteiger partial charge in [0, 0.05) is 31.9 Å². The molecule has 1 heterocycles. The van der Waals surface area contributed by atoms with E-state index in [9.17, 15) is 14.0 Å². The van der Waals surface area contributed by atoms with Crippen molar-refractivity contribution in [2.24, 2.45) is 5.92 Å². The predicted molar refractivity (Wildman–Crippen MR) is 106 cm³/mol. The summed E-state index contributed by atoms with van der Waals surface area (Å²) in [4.78, 5) is 26.0. The molecule has 0 unspecified atom stereocenters. The van der Waals surface area contributed by atoms with Crippen LogP contribution in [0.2, 0.25) is 0 Å². The first-order valence-corrected chi connectivity index (χ1v) is 9.47. The van der Waals surface area contributed by atoms with E-state index in [0.29, 0.717) is 37.8 Å². The molecule has 1 saturated heterocycles. The van der Waals surface area contributed by atoms with Gasteiger partial charge in [0.25, 0.3) is 0 Å². The van der Waals surface area contributed by atoms with Crippen molar-refractivity contribution in [3.05, 3.63) is 66.0 Å². The molecule has 0 aromatic heterocycles. The van der Waals surface area contributed by atoms with Crippen molar-refractivity contribution in [2.45, 2.75) is 19.4 Å². The average molecular weight is 384 g/mol. The van der Waals surface area contributed by atoms with Crippen molar-refractivity contribution in [1.29, 1.82) is 0 Å². The van der Waals surface area contributed by atoms with Crippen molar-refractivity contribution in [1.82, 2.24) is 15.5 Å². The summed E-state index contributed by atoms with van der Waals surface area (Å²) in [5, 5.41) is 8.53. The number of likely N-dealkylation sites (tertiary alicyclic amines) is 1. The molecule has 2 aromatic rings. The lowest BCUT2D eigenvalue weighted by Crippen LogP contribution is -2.44. The number of carbonyl (C=O) groups excluding carboxylic acids is 2. The van der Waals surface area contributed by atoms with Gasteiger partial charge < -0.3 is 20.9 Å². The zero-order valence-electron chi connectivity index (χ0n) is 15.7. The number of hydrogen-bond acceptors (Lipinski definition) is 2. The van der Waals surface area contributed by atoms with Crippen LogP contribution in [0.5, 0.6) is 0 Å². The largest absolute Gasteiger partial charge is 0.338 e. The molecule has 148 valence electrons. The van der Waals surface area contributed by atoms with Crippen molar-refractivity contribution in [3.63, 3.8) is 0 Å². The molecule has 7 heteroatoms. The van der Waals surface area contributed by atoms with E-state index in [4.69, 9.17) is 0 Å². The summed E-state index contributed by atoms with van der Waals surface area (Å²) in [7, 11) is 0. The number of benzene rings is 2. The maximum Gasteiger partial charge on any atom is 0.321 e. The molecular weight excluding hydrogens is 359 g/mol. The molecule has 0 saturated carbocycles. The van der Waals surface area contributed by atoms with Crippen LogP contribution in [-0.2, 0) is 6.54 Å². The van der Waals surface area contributed by atoms with Gasteiger partial charge in [0.2, 0.25) is 0 Å². The maximum absolute atomic E-state index is 12.9. The SMILES string of the molecule is O=C(NCc1ccccc1)NCC1CCN(C(=O)Nc2ccc(F)cc2)CC1. The van der Waals surface area contributed by atoms with Crippen LogP contribution in [0.25, 0.3) is 0 Å². The number of urea groups is 2. The van der Waals surface area contributed by atoms with Gasteiger partial charge in [-0.05, 0) is 48.6 Å². The zero-order chi connectivity index (χ0) is 19.8. The van der Waals surface area contributed by atoms with Crippen LogP contribution in [0.4, 0.5) is 19.7 Å². The third-order valence-corrected chi connectivity index (χ3v) is 4.84. The molecule has 0 spiro atoms. The summed E-state index contributed by atoms with van der Waals surface area (Å²) < 4.78 is 12.9. The zero-order valence-corrected chi connectivity index (χ0v) is 15.7. The van der Waals surface area contributed by atoms with Gasteiger partial charge >= 0.3 is 12.1 Å². The third kappa shape index (κ3) is 5.97. The number of amides is 4. The van der Waals surface area contributed by atoms with Crippen molar-refractivity contribution in [2.75, 3.05) is 25.0 Å². The van der Waals surface area contributed by atoms with Gasteiger partial charge in [-0.25, -0.2) is 14.0 Å². The first-order valence-electron chi connectivity index (χ1n) is 9.47. The number of nitrogens with one attached hydrogen (secondary N) is 3. The number of carbonyl (C=O) groups is 2. The van der Waals surface area contributed by atoms with Crippen LogP contribution in [0, 0.1) is 11.7 Å². The third-order valence-electron chi connectivity index (χ3n) is 4.84. The summed E-state index contributed by atoms with van der Waals surface area (Å²) in [5.41, 5.74) is 1.63. The fourth-order valence-corrected chi connectivity index (χ4v) is 3.15. The highest BCUT2D eigenvalue weighted by Gasteiger charge is 2.23. The predicted octanol–water partition coefficient (Wildman–Crippen LogP) is 3.57. The van der Waals surface area contributed by atoms with Gasteiger partial charge in [-0.3, -0.25) is 0 Å². The molecule has 0 bridgehead atoms. The summed E-state index contributed by atoms with van der Waals surface area (Å²) in [5.74, 6) is 0.0106. The number of nitrogens with zero attached hydrogens (tertiary/aromatic N) is 1. The fraction of sp³-hybridized carbons (Fsp3) is 0.333. The van der Waals surface area contributed by atoms with E-state index in [0.717, 1.165) is 18.4 Å². The highest BCUT2D eigenvalue weighted by Crippen LogP contribution is 2.18. The molecule has 4 amide bonds. The summed E-state index contributed by atoms with van der Waals surface area (Å²) >= 11 is 0. The Bertz CT molecular complexity index is 775. The van der Waals surface area contributed by atoms with Crippen LogP contribution in [-0.4, -0.2) is 36.6 Å². The quantitative estimate of drug-likeness (QED) is 0.737. The monoisotopic (exact) mass is 384 g/mol. The van der Waals surface area contributed by atoms with Gasteiger partial charge in [-0.1, -0.05) is 30.3 Å². The van der Waals surface area contributed by atoms with Crippen LogP contribution in [0.15, 0.2) is 54.6 Å². The van der Waals surface area contributed by atoms with Crippen LogP contribution in [0.1, 0.15) is 18.4 Å². The second-order valence-electron chi connectivity index (χ2n) is 6.92. The number of hydrogen-bond donors (Lipinski definition) is 3. The van der Waals surface area contributed by atoms with Gasteiger partial charge in [0.15, 0.2) is 0 Å². The minimum atomic E-state index is -0.334. The van der Waals surface area contributed by atoms with Gasteiger partial charge in [-0.15, -0.1) is 0 Å². The highest BCUT2D eigenvalue weighted by molar-refractivity contribution is 5.89. The van der Waals surface area contributed by atoms with Gasteiger partial charge in [0.1, 0.15) is 5.82 Å². The lowest BCUT2D eigenvalue weighted by molar-refractivity contribution is 0.181. The fourth-order valence-electron chi connectivity index (χ4n) is 3.15. The maximum atomic E-state index is 12.9. The van der Waals surface area contributed by atoms with Gasteiger partial charge in [-0.2, -0.15) is 0 Å². The Labute approximate surface area is 164 Å². The molecule has 28 heavy (non-hydrogen) atoms. The molecule has 6 nitrogen and oxygen atoms in total. The minimum absolute atomic E-state index is 0.180. The number of anilines is 1. The van der Waals surface area contributed by atoms with Crippen LogP contribution < -0.4 is 16.0 Å². The second-order valence-corrected chi connectivity index (χ2v) is 6.92. The second kappa shape index (κ2) is 9.73. The highest BCUT2D eigenvalue weighted by atomic mass is 19.1. The standard InChI is InChI=1S/C21H25FN4O2/c22-18-6-8-19(9-7-18)25-21(28)26-12-10-17(11-13-26)15-24-20(27)23-14-16-4-2-1-3-5-16/h1-9,17H,10-15H2,(H,25,28)(H2,23,24,27). The smallest absolute Gasteiger partial charge is 0.321 e. The summed E-state index contributed by atoms with van der Waals surface area (Å²) in [6, 6.07) is 15.1. The van der Waals surface area contributed by atoms with Crippen LogP contribution >= 0.6 is 0 Å². The Hall–Kier alpha value is -3.09. The van der Waals surface area contributed by atoms with E-state index in [1.807, 2.05) is 30.3 Å². The molecule has 0 radical (unpaired) electrons. The average Bonchev–Trinajstić information content (AvgIpc) is 2.73. The minimum Gasteiger partial charge on any atom is -0.338 e. The summed E-state index contributed by atoms with van der Waals surface area (Å²) in [6.45, 7) is 2.35. The van der Waals surface area contributed by atoms with Crippen molar-refractivity contribution in [3.8, 4) is 0 Å². The normalized spacial score (nSPS) is 14.4. The number of halogens is 1. The van der Waals surface area contributed by atoms with E-state index >= 15 is 0 Å². The van der Waals surface area contributed by atoms with Crippen molar-refractivity contribution >= 4 is 17.7 Å². The molecule has 3 rings (SSSR count). The Morgan fingerprint density at radius 2 is 1.64 bits per heavy atom. The van der Waals surface area contributed by atoms with Gasteiger partial charge in [0.05, 0.1) is 0 Å². The summed E-state index contributed by atoms with van der Waals surface area (Å²) in [6.07, 6.45) is 1.66. The Balaban J connectivity index is 1.34. The first-order chi connectivity index (χ1) is 13.6. The number of piperidine rings is 1. The molecule has 1 fully saturated rings. The van der Waals surface area contributed by atoms with Crippen LogP contribution in [0.3, 0.4) is 0 Å². The molecule has 2 aromatic carbocycles. The van der Waals surface area contributed by atoms with E-state index in [1.54, 1.807) is 4.90 Å². The molecular formula is C21H25FN4O2. The molecule has 3 N–H and O–H groups in total. The first kappa shape index (κ1) is 19.7. The molecule has 0 aliphatic carbocycles. The Morgan fingerprint density at radius 1 is 0.964 bits per heavy atom. The topological polar surface area (TPSA) is 73.5 Å². The lowest BCUT2D eigenvalue weighted by Gasteiger charge is -2.32. The molecule has 0 atom stereocenters. The van der Waals surface area contributed by atoms with E-state index in [1.165, 1.54) is 24.3 Å². The van der Waals surface area contributed by atoms with E-state index in [-0.39, 0.29) is 17.9 Å². The van der Waals surface area contributed by atoms with Crippen molar-refractivity contribution < 1.29 is 14.0 Å². The Morgan fingerprint density at radius 3 is 2.32 bits per heavy atom. The van der Waals surface area contributed by atoms with E-state index < -0.39 is 0 Å². The number of rotatable bonds is 5. The molecule has 1 aliphatic heterocycles.